The fourth-order valence-corrected chi connectivity index (χ4v) is 5.31. The van der Waals surface area contributed by atoms with Crippen molar-refractivity contribution >= 4 is 44.2 Å². The van der Waals surface area contributed by atoms with Gasteiger partial charge in [-0.15, -0.1) is 6.58 Å². The number of anilines is 1. The van der Waals surface area contributed by atoms with E-state index >= 15 is 0 Å². The maximum atomic E-state index is 13.4. The SMILES string of the molecule is C=CCN(c1ccccc1Cl)S(=O)(=O)c1cccc(C(=O)OCc2cccc3cccnc23)c1. The van der Waals surface area contributed by atoms with Gasteiger partial charge in [-0.1, -0.05) is 60.1 Å². The number of hydrogen-bond acceptors (Lipinski definition) is 5. The van der Waals surface area contributed by atoms with Crippen LogP contribution < -0.4 is 4.31 Å². The number of halogens is 1. The summed E-state index contributed by atoms with van der Waals surface area (Å²) >= 11 is 6.25. The Kier molecular flexibility index (Phi) is 6.95. The molecule has 3 aromatic carbocycles. The maximum absolute atomic E-state index is 13.4. The van der Waals surface area contributed by atoms with Crippen LogP contribution in [0.25, 0.3) is 10.9 Å². The van der Waals surface area contributed by atoms with E-state index in [4.69, 9.17) is 16.3 Å². The number of para-hydroxylation sites is 2. The van der Waals surface area contributed by atoms with Gasteiger partial charge in [0.25, 0.3) is 10.0 Å². The summed E-state index contributed by atoms with van der Waals surface area (Å²) in [6.45, 7) is 3.67. The highest BCUT2D eigenvalue weighted by atomic mass is 35.5. The fourth-order valence-electron chi connectivity index (χ4n) is 3.52. The van der Waals surface area contributed by atoms with Crippen LogP contribution in [0.2, 0.25) is 5.02 Å². The Bertz CT molecular complexity index is 1470. The molecule has 1 heterocycles. The van der Waals surface area contributed by atoms with E-state index in [1.807, 2.05) is 30.3 Å². The van der Waals surface area contributed by atoms with Crippen molar-refractivity contribution in [2.75, 3.05) is 10.8 Å². The van der Waals surface area contributed by atoms with Crippen molar-refractivity contribution < 1.29 is 17.9 Å². The molecule has 0 atom stereocenters. The summed E-state index contributed by atoms with van der Waals surface area (Å²) in [5.41, 5.74) is 1.94. The zero-order valence-corrected chi connectivity index (χ0v) is 19.7. The number of aromatic nitrogens is 1. The van der Waals surface area contributed by atoms with Crippen molar-refractivity contribution in [1.82, 2.24) is 4.98 Å². The molecule has 0 unspecified atom stereocenters. The van der Waals surface area contributed by atoms with Gasteiger partial charge in [0.1, 0.15) is 6.61 Å². The van der Waals surface area contributed by atoms with Crippen LogP contribution in [0.4, 0.5) is 5.69 Å². The highest BCUT2D eigenvalue weighted by Crippen LogP contribution is 2.30. The van der Waals surface area contributed by atoms with Gasteiger partial charge in [-0.05, 0) is 36.4 Å². The first-order chi connectivity index (χ1) is 16.4. The van der Waals surface area contributed by atoms with E-state index in [9.17, 15) is 13.2 Å². The van der Waals surface area contributed by atoms with Crippen LogP contribution in [-0.2, 0) is 21.4 Å². The molecule has 0 fully saturated rings. The van der Waals surface area contributed by atoms with E-state index in [1.165, 1.54) is 30.3 Å². The van der Waals surface area contributed by atoms with Crippen LogP contribution in [0.5, 0.6) is 0 Å². The third-order valence-corrected chi connectivity index (χ3v) is 7.24. The second-order valence-corrected chi connectivity index (χ2v) is 9.64. The molecule has 0 N–H and O–H groups in total. The van der Waals surface area contributed by atoms with Crippen molar-refractivity contribution in [1.29, 1.82) is 0 Å². The minimum absolute atomic E-state index is 0.00633. The van der Waals surface area contributed by atoms with E-state index in [2.05, 4.69) is 11.6 Å². The smallest absolute Gasteiger partial charge is 0.338 e. The predicted octanol–water partition coefficient (Wildman–Crippen LogP) is 5.63. The second-order valence-electron chi connectivity index (χ2n) is 7.37. The largest absolute Gasteiger partial charge is 0.457 e. The Morgan fingerprint density at radius 3 is 2.59 bits per heavy atom. The molecule has 0 aliphatic carbocycles. The van der Waals surface area contributed by atoms with Crippen molar-refractivity contribution in [2.24, 2.45) is 0 Å². The van der Waals surface area contributed by atoms with E-state index in [-0.39, 0.29) is 28.6 Å². The number of pyridine rings is 1. The summed E-state index contributed by atoms with van der Waals surface area (Å²) in [5, 5.41) is 1.22. The van der Waals surface area contributed by atoms with Gasteiger partial charge < -0.3 is 4.74 Å². The molecule has 4 aromatic rings. The van der Waals surface area contributed by atoms with Gasteiger partial charge >= 0.3 is 5.97 Å². The Morgan fingerprint density at radius 2 is 1.79 bits per heavy atom. The van der Waals surface area contributed by atoms with Crippen LogP contribution in [0.1, 0.15) is 15.9 Å². The molecule has 1 aromatic heterocycles. The third kappa shape index (κ3) is 4.81. The first-order valence-electron chi connectivity index (χ1n) is 10.4. The lowest BCUT2D eigenvalue weighted by Gasteiger charge is -2.24. The summed E-state index contributed by atoms with van der Waals surface area (Å²) in [6, 6.07) is 21.8. The number of ether oxygens (including phenoxy) is 1. The Balaban J connectivity index is 1.59. The van der Waals surface area contributed by atoms with Crippen LogP contribution >= 0.6 is 11.6 Å². The molecule has 172 valence electrons. The molecule has 0 radical (unpaired) electrons. The molecule has 0 spiro atoms. The normalized spacial score (nSPS) is 11.2. The lowest BCUT2D eigenvalue weighted by Crippen LogP contribution is -2.31. The number of carbonyl (C=O) groups excluding carboxylic acids is 1. The van der Waals surface area contributed by atoms with Crippen LogP contribution in [0, 0.1) is 0 Å². The van der Waals surface area contributed by atoms with Gasteiger partial charge in [-0.3, -0.25) is 9.29 Å². The average Bonchev–Trinajstić information content (AvgIpc) is 2.86. The highest BCUT2D eigenvalue weighted by molar-refractivity contribution is 7.92. The monoisotopic (exact) mass is 492 g/mol. The topological polar surface area (TPSA) is 76.6 Å². The van der Waals surface area contributed by atoms with Gasteiger partial charge in [0, 0.05) is 17.1 Å². The number of rotatable bonds is 8. The van der Waals surface area contributed by atoms with Crippen LogP contribution in [0.15, 0.2) is 103 Å². The predicted molar refractivity (Wildman–Crippen MR) is 133 cm³/mol. The van der Waals surface area contributed by atoms with Gasteiger partial charge in [0.2, 0.25) is 0 Å². The molecule has 0 aliphatic rings. The van der Waals surface area contributed by atoms with Gasteiger partial charge in [0.05, 0.1) is 33.2 Å². The summed E-state index contributed by atoms with van der Waals surface area (Å²) in [6.07, 6.45) is 3.15. The molecular weight excluding hydrogens is 472 g/mol. The molecule has 4 rings (SSSR count). The molecule has 8 heteroatoms. The van der Waals surface area contributed by atoms with Crippen molar-refractivity contribution in [3.05, 3.63) is 114 Å². The first kappa shape index (κ1) is 23.5. The Labute approximate surface area is 203 Å². The van der Waals surface area contributed by atoms with Gasteiger partial charge in [-0.25, -0.2) is 13.2 Å². The molecule has 34 heavy (non-hydrogen) atoms. The van der Waals surface area contributed by atoms with Crippen molar-refractivity contribution in [3.63, 3.8) is 0 Å². The first-order valence-corrected chi connectivity index (χ1v) is 12.2. The lowest BCUT2D eigenvalue weighted by molar-refractivity contribution is 0.0474. The number of fused-ring (bicyclic) bond motifs is 1. The molecule has 0 saturated carbocycles. The molecule has 0 amide bonds. The third-order valence-electron chi connectivity index (χ3n) is 5.15. The lowest BCUT2D eigenvalue weighted by atomic mass is 10.1. The molecular formula is C26H21ClN2O4S. The Morgan fingerprint density at radius 1 is 1.03 bits per heavy atom. The molecule has 6 nitrogen and oxygen atoms in total. The summed E-state index contributed by atoms with van der Waals surface area (Å²) in [4.78, 5) is 17.1. The number of hydrogen-bond donors (Lipinski definition) is 0. The molecule has 0 saturated heterocycles. The quantitative estimate of drug-likeness (QED) is 0.235. The maximum Gasteiger partial charge on any atom is 0.338 e. The van der Waals surface area contributed by atoms with E-state index in [0.29, 0.717) is 5.69 Å². The molecule has 0 aliphatic heterocycles. The minimum Gasteiger partial charge on any atom is -0.457 e. The number of benzene rings is 3. The van der Waals surface area contributed by atoms with E-state index in [0.717, 1.165) is 20.8 Å². The van der Waals surface area contributed by atoms with Crippen molar-refractivity contribution in [2.45, 2.75) is 11.5 Å². The number of carbonyl (C=O) groups is 1. The van der Waals surface area contributed by atoms with Crippen LogP contribution in [0.3, 0.4) is 0 Å². The minimum atomic E-state index is -4.03. The van der Waals surface area contributed by atoms with Gasteiger partial charge in [-0.2, -0.15) is 0 Å². The standard InChI is InChI=1S/C26H21ClN2O4S/c1-2-16-29(24-14-4-3-13-23(24)27)34(31,32)22-12-6-9-20(17-22)26(30)33-18-21-10-5-8-19-11-7-15-28-25(19)21/h2-15,17H,1,16,18H2. The Hall–Kier alpha value is -3.68. The average molecular weight is 493 g/mol. The highest BCUT2D eigenvalue weighted by Gasteiger charge is 2.26. The fraction of sp³-hybridized carbons (Fsp3) is 0.0769. The number of sulfonamides is 1. The van der Waals surface area contributed by atoms with E-state index < -0.39 is 16.0 Å². The molecule has 0 bridgehead atoms. The summed E-state index contributed by atoms with van der Waals surface area (Å²) in [5.74, 6) is -0.641. The van der Waals surface area contributed by atoms with Crippen LogP contribution in [-0.4, -0.2) is 25.9 Å². The zero-order chi connectivity index (χ0) is 24.1. The summed E-state index contributed by atoms with van der Waals surface area (Å²) < 4.78 is 33.5. The second kappa shape index (κ2) is 10.1. The van der Waals surface area contributed by atoms with Crippen molar-refractivity contribution in [3.8, 4) is 0 Å². The summed E-state index contributed by atoms with van der Waals surface area (Å²) in [7, 11) is -4.03. The number of nitrogens with zero attached hydrogens (tertiary/aromatic N) is 2. The van der Waals surface area contributed by atoms with Gasteiger partial charge in [0.15, 0.2) is 0 Å². The number of esters is 1. The zero-order valence-electron chi connectivity index (χ0n) is 18.1. The van der Waals surface area contributed by atoms with E-state index in [1.54, 1.807) is 30.5 Å².